The van der Waals surface area contributed by atoms with Crippen molar-refractivity contribution in [1.29, 1.82) is 0 Å². The Labute approximate surface area is 118 Å². The summed E-state index contributed by atoms with van der Waals surface area (Å²) in [6.45, 7) is 3.38. The topological polar surface area (TPSA) is 70.8 Å². The third-order valence-electron chi connectivity index (χ3n) is 4.20. The Morgan fingerprint density at radius 3 is 2.70 bits per heavy atom. The molecule has 0 unspecified atom stereocenters. The molecule has 1 amide bonds. The summed E-state index contributed by atoms with van der Waals surface area (Å²) in [4.78, 5) is 14.2. The maximum atomic E-state index is 12.4. The minimum absolute atomic E-state index is 0.0253. The highest BCUT2D eigenvalue weighted by Crippen LogP contribution is 2.33. The van der Waals surface area contributed by atoms with Crippen LogP contribution in [0.15, 0.2) is 16.5 Å². The molecular weight excluding hydrogens is 280 g/mol. The summed E-state index contributed by atoms with van der Waals surface area (Å²) < 4.78 is 30.1. The zero-order chi connectivity index (χ0) is 14.5. The van der Waals surface area contributed by atoms with E-state index in [9.17, 15) is 13.2 Å². The Balaban J connectivity index is 1.78. The Morgan fingerprint density at radius 1 is 1.35 bits per heavy atom. The van der Waals surface area contributed by atoms with Gasteiger partial charge < -0.3 is 9.32 Å². The first-order valence-electron chi connectivity index (χ1n) is 6.69. The quantitative estimate of drug-likeness (QED) is 0.805. The number of nitrogens with zero attached hydrogens (tertiary/aromatic N) is 2. The molecule has 3 heterocycles. The van der Waals surface area contributed by atoms with Gasteiger partial charge in [-0.2, -0.15) is 4.31 Å². The highest BCUT2D eigenvalue weighted by atomic mass is 32.2. The van der Waals surface area contributed by atoms with Gasteiger partial charge in [0.1, 0.15) is 5.76 Å². The maximum Gasteiger partial charge on any atom is 0.289 e. The molecule has 2 aliphatic heterocycles. The van der Waals surface area contributed by atoms with Crippen LogP contribution in [0.2, 0.25) is 0 Å². The fourth-order valence-electron chi connectivity index (χ4n) is 3.14. The van der Waals surface area contributed by atoms with Crippen LogP contribution < -0.4 is 0 Å². The molecule has 0 radical (unpaired) electrons. The number of amides is 1. The smallest absolute Gasteiger partial charge is 0.289 e. The van der Waals surface area contributed by atoms with E-state index in [1.54, 1.807) is 24.0 Å². The summed E-state index contributed by atoms with van der Waals surface area (Å²) in [6.07, 6.45) is 2.07. The minimum Gasteiger partial charge on any atom is -0.456 e. The van der Waals surface area contributed by atoms with Gasteiger partial charge in [-0.25, -0.2) is 8.42 Å². The van der Waals surface area contributed by atoms with Gasteiger partial charge in [-0.3, -0.25) is 4.79 Å². The van der Waals surface area contributed by atoms with E-state index in [0.717, 1.165) is 6.42 Å². The molecule has 7 heteroatoms. The molecule has 3 rings (SSSR count). The predicted octanol–water partition coefficient (Wildman–Crippen LogP) is 0.694. The summed E-state index contributed by atoms with van der Waals surface area (Å²) in [6, 6.07) is 3.41. The van der Waals surface area contributed by atoms with Gasteiger partial charge in [0.15, 0.2) is 5.76 Å². The van der Waals surface area contributed by atoms with Crippen LogP contribution in [0.4, 0.5) is 0 Å². The molecule has 110 valence electrons. The molecule has 2 aliphatic rings. The van der Waals surface area contributed by atoms with Gasteiger partial charge in [0.25, 0.3) is 5.91 Å². The molecule has 0 aromatic carbocycles. The first kappa shape index (κ1) is 13.6. The molecule has 2 fully saturated rings. The largest absolute Gasteiger partial charge is 0.456 e. The molecule has 0 aliphatic carbocycles. The number of carbonyl (C=O) groups excluding carboxylic acids is 1. The number of hydrogen-bond acceptors (Lipinski definition) is 4. The second-order valence-electron chi connectivity index (χ2n) is 5.60. The zero-order valence-corrected chi connectivity index (χ0v) is 12.4. The van der Waals surface area contributed by atoms with Gasteiger partial charge >= 0.3 is 0 Å². The molecule has 0 bridgehead atoms. The predicted molar refractivity (Wildman–Crippen MR) is 72.8 cm³/mol. The number of sulfonamides is 1. The number of likely N-dealkylation sites (tertiary alicyclic amines) is 1. The second kappa shape index (κ2) is 4.60. The lowest BCUT2D eigenvalue weighted by atomic mass is 10.1. The van der Waals surface area contributed by atoms with Gasteiger partial charge in [-0.15, -0.1) is 0 Å². The standard InChI is InChI=1S/C13H18N2O4S/c1-9-3-4-12(19-9)13(16)15-6-5-10-7-14(8-11(10)15)20(2,17)18/h3-4,10-11H,5-8H2,1-2H3/t10-,11+/m0/s1. The van der Waals surface area contributed by atoms with Crippen molar-refractivity contribution in [3.05, 3.63) is 23.7 Å². The number of carbonyl (C=O) groups is 1. The van der Waals surface area contributed by atoms with Crippen molar-refractivity contribution in [2.45, 2.75) is 19.4 Å². The van der Waals surface area contributed by atoms with Crippen LogP contribution in [-0.2, 0) is 10.0 Å². The van der Waals surface area contributed by atoms with Gasteiger partial charge in [0, 0.05) is 19.6 Å². The van der Waals surface area contributed by atoms with E-state index in [2.05, 4.69) is 0 Å². The van der Waals surface area contributed by atoms with Crippen molar-refractivity contribution in [2.75, 3.05) is 25.9 Å². The SMILES string of the molecule is Cc1ccc(C(=O)N2CC[C@H]3CN(S(C)(=O)=O)C[C@H]32)o1. The number of aryl methyl sites for hydroxylation is 1. The average Bonchev–Trinajstić information content (AvgIpc) is 2.99. The second-order valence-corrected chi connectivity index (χ2v) is 7.59. The molecule has 0 saturated carbocycles. The summed E-state index contributed by atoms with van der Waals surface area (Å²) >= 11 is 0. The molecule has 2 atom stereocenters. The van der Waals surface area contributed by atoms with Gasteiger partial charge in [-0.05, 0) is 31.4 Å². The van der Waals surface area contributed by atoms with Crippen LogP contribution in [0, 0.1) is 12.8 Å². The molecule has 6 nitrogen and oxygen atoms in total. The Hall–Kier alpha value is -1.34. The Morgan fingerprint density at radius 2 is 2.10 bits per heavy atom. The van der Waals surface area contributed by atoms with E-state index < -0.39 is 10.0 Å². The molecule has 0 spiro atoms. The molecule has 2 saturated heterocycles. The molecular formula is C13H18N2O4S. The monoisotopic (exact) mass is 298 g/mol. The van der Waals surface area contributed by atoms with Gasteiger partial charge in [0.05, 0.1) is 12.3 Å². The van der Waals surface area contributed by atoms with E-state index in [1.807, 2.05) is 0 Å². The summed E-state index contributed by atoms with van der Waals surface area (Å²) in [5, 5.41) is 0. The van der Waals surface area contributed by atoms with Crippen LogP contribution in [0.3, 0.4) is 0 Å². The zero-order valence-electron chi connectivity index (χ0n) is 11.6. The Bertz CT molecular complexity index is 637. The summed E-state index contributed by atoms with van der Waals surface area (Å²) in [5.74, 6) is 1.14. The van der Waals surface area contributed by atoms with Crippen LogP contribution in [0.25, 0.3) is 0 Å². The van der Waals surface area contributed by atoms with Crippen LogP contribution in [-0.4, -0.2) is 55.5 Å². The number of furan rings is 1. The van der Waals surface area contributed by atoms with E-state index >= 15 is 0 Å². The van der Waals surface area contributed by atoms with Crippen molar-refractivity contribution < 1.29 is 17.6 Å². The Kier molecular flexibility index (Phi) is 3.13. The van der Waals surface area contributed by atoms with Crippen molar-refractivity contribution in [3.63, 3.8) is 0 Å². The fraction of sp³-hybridized carbons (Fsp3) is 0.615. The lowest BCUT2D eigenvalue weighted by Crippen LogP contribution is -2.40. The molecule has 1 aromatic rings. The van der Waals surface area contributed by atoms with E-state index in [0.29, 0.717) is 31.2 Å². The van der Waals surface area contributed by atoms with E-state index in [1.165, 1.54) is 10.6 Å². The first-order chi connectivity index (χ1) is 9.36. The third-order valence-corrected chi connectivity index (χ3v) is 5.43. The van der Waals surface area contributed by atoms with E-state index in [4.69, 9.17) is 4.42 Å². The lowest BCUT2D eigenvalue weighted by Gasteiger charge is -2.23. The average molecular weight is 298 g/mol. The molecule has 0 N–H and O–H groups in total. The maximum absolute atomic E-state index is 12.4. The van der Waals surface area contributed by atoms with E-state index in [-0.39, 0.29) is 17.9 Å². The highest BCUT2D eigenvalue weighted by Gasteiger charge is 2.46. The minimum atomic E-state index is -3.18. The van der Waals surface area contributed by atoms with Crippen LogP contribution in [0.1, 0.15) is 22.7 Å². The third kappa shape index (κ3) is 2.25. The van der Waals surface area contributed by atoms with Gasteiger partial charge in [-0.1, -0.05) is 0 Å². The summed E-state index contributed by atoms with van der Waals surface area (Å²) in [5.41, 5.74) is 0. The normalized spacial score (nSPS) is 27.0. The summed E-state index contributed by atoms with van der Waals surface area (Å²) in [7, 11) is -3.18. The highest BCUT2D eigenvalue weighted by molar-refractivity contribution is 7.88. The van der Waals surface area contributed by atoms with Crippen molar-refractivity contribution in [1.82, 2.24) is 9.21 Å². The fourth-order valence-corrected chi connectivity index (χ4v) is 4.02. The number of fused-ring (bicyclic) bond motifs is 1. The van der Waals surface area contributed by atoms with Gasteiger partial charge in [0.2, 0.25) is 10.0 Å². The van der Waals surface area contributed by atoms with Crippen LogP contribution in [0.5, 0.6) is 0 Å². The van der Waals surface area contributed by atoms with Crippen molar-refractivity contribution in [3.8, 4) is 0 Å². The van der Waals surface area contributed by atoms with Crippen molar-refractivity contribution >= 4 is 15.9 Å². The number of rotatable bonds is 2. The lowest BCUT2D eigenvalue weighted by molar-refractivity contribution is 0.0699. The van der Waals surface area contributed by atoms with Crippen molar-refractivity contribution in [2.24, 2.45) is 5.92 Å². The van der Waals surface area contributed by atoms with Crippen LogP contribution >= 0.6 is 0 Å². The molecule has 20 heavy (non-hydrogen) atoms. The number of hydrogen-bond donors (Lipinski definition) is 0. The molecule has 1 aromatic heterocycles. The first-order valence-corrected chi connectivity index (χ1v) is 8.53.